The van der Waals surface area contributed by atoms with Crippen molar-refractivity contribution in [1.29, 1.82) is 0 Å². The number of benzene rings is 3. The Balaban J connectivity index is 1.63. The number of ether oxygens (including phenoxy) is 2. The van der Waals surface area contributed by atoms with Crippen LogP contribution in [-0.4, -0.2) is 28.9 Å². The summed E-state index contributed by atoms with van der Waals surface area (Å²) < 4.78 is 48.5. The van der Waals surface area contributed by atoms with E-state index in [4.69, 9.17) is 16.3 Å². The third-order valence-electron chi connectivity index (χ3n) is 7.07. The molecule has 5 rings (SSSR count). The fourth-order valence-corrected chi connectivity index (χ4v) is 5.27. The quantitative estimate of drug-likeness (QED) is 0.381. The van der Waals surface area contributed by atoms with Crippen molar-refractivity contribution < 1.29 is 37.3 Å². The van der Waals surface area contributed by atoms with Gasteiger partial charge in [-0.3, -0.25) is 9.69 Å². The molecule has 2 heterocycles. The number of hydrogen-bond acceptors (Lipinski definition) is 4. The number of fused-ring (bicyclic) bond motifs is 2. The average Bonchev–Trinajstić information content (AvgIpc) is 3.04. The molecular weight excluding hydrogens is 523 g/mol. The number of carbonyl (C=O) groups is 2. The molecule has 0 saturated carbocycles. The maximum Gasteiger partial charge on any atom is 0.573 e. The number of aromatic carboxylic acids is 1. The van der Waals surface area contributed by atoms with Crippen molar-refractivity contribution in [2.45, 2.75) is 51.0 Å². The summed E-state index contributed by atoms with van der Waals surface area (Å²) in [7, 11) is 0. The molecule has 38 heavy (non-hydrogen) atoms. The second-order valence-corrected chi connectivity index (χ2v) is 10.6. The summed E-state index contributed by atoms with van der Waals surface area (Å²) in [6.07, 6.45) is -3.52. The lowest BCUT2D eigenvalue weighted by Gasteiger charge is -2.34. The Morgan fingerprint density at radius 2 is 1.82 bits per heavy atom. The van der Waals surface area contributed by atoms with Gasteiger partial charge >= 0.3 is 12.3 Å². The second kappa shape index (κ2) is 8.66. The molecule has 0 saturated heterocycles. The summed E-state index contributed by atoms with van der Waals surface area (Å²) in [6.45, 7) is 5.77. The summed E-state index contributed by atoms with van der Waals surface area (Å²) in [5, 5.41) is 9.97. The van der Waals surface area contributed by atoms with Crippen LogP contribution in [0, 0.1) is 0 Å². The van der Waals surface area contributed by atoms with Crippen LogP contribution in [0.15, 0.2) is 54.6 Å². The highest BCUT2D eigenvalue weighted by atomic mass is 35.5. The molecule has 0 aliphatic carbocycles. The first-order chi connectivity index (χ1) is 17.7. The fourth-order valence-electron chi connectivity index (χ4n) is 5.09. The van der Waals surface area contributed by atoms with E-state index in [0.717, 1.165) is 36.3 Å². The van der Waals surface area contributed by atoms with E-state index in [2.05, 4.69) is 4.74 Å². The minimum absolute atomic E-state index is 0.0808. The molecule has 198 valence electrons. The van der Waals surface area contributed by atoms with Gasteiger partial charge in [-0.15, -0.1) is 13.2 Å². The highest BCUT2D eigenvalue weighted by Crippen LogP contribution is 2.51. The van der Waals surface area contributed by atoms with Crippen LogP contribution in [-0.2, 0) is 16.6 Å². The lowest BCUT2D eigenvalue weighted by atomic mass is 9.76. The van der Waals surface area contributed by atoms with E-state index < -0.39 is 35.0 Å². The smallest absolute Gasteiger partial charge is 0.488 e. The van der Waals surface area contributed by atoms with Gasteiger partial charge in [-0.25, -0.2) is 4.79 Å². The van der Waals surface area contributed by atoms with Crippen molar-refractivity contribution in [2.24, 2.45) is 0 Å². The first kappa shape index (κ1) is 25.9. The molecule has 0 radical (unpaired) electrons. The number of carbonyl (C=O) groups excluding carboxylic acids is 1. The minimum Gasteiger partial charge on any atom is -0.488 e. The molecule has 1 unspecified atom stereocenters. The number of carboxylic acids is 1. The number of anilines is 2. The van der Waals surface area contributed by atoms with Gasteiger partial charge in [-0.05, 0) is 92.8 Å². The Labute approximate surface area is 221 Å². The summed E-state index contributed by atoms with van der Waals surface area (Å²) in [5.74, 6) is -2.17. The van der Waals surface area contributed by atoms with Crippen molar-refractivity contribution in [1.82, 2.24) is 0 Å². The zero-order valence-corrected chi connectivity index (χ0v) is 21.4. The van der Waals surface area contributed by atoms with Gasteiger partial charge in [0.05, 0.1) is 16.8 Å². The first-order valence-electron chi connectivity index (χ1n) is 11.8. The summed E-state index contributed by atoms with van der Waals surface area (Å²) in [5.41, 5.74) is 0.500. The molecule has 2 aliphatic rings. The molecule has 1 amide bonds. The van der Waals surface area contributed by atoms with Gasteiger partial charge in [0.15, 0.2) is 0 Å². The van der Waals surface area contributed by atoms with Crippen LogP contribution in [0.4, 0.5) is 24.5 Å². The molecule has 1 N–H and O–H groups in total. The topological polar surface area (TPSA) is 76.1 Å². The Kier molecular flexibility index (Phi) is 5.90. The van der Waals surface area contributed by atoms with E-state index in [9.17, 15) is 27.9 Å². The number of amides is 1. The molecular formula is C28H23ClF3NO5. The van der Waals surface area contributed by atoms with Crippen LogP contribution in [0.2, 0.25) is 5.02 Å². The summed E-state index contributed by atoms with van der Waals surface area (Å²) >= 11 is 6.32. The number of carboxylic acid groups (broad SMARTS) is 1. The maximum atomic E-state index is 14.2. The molecule has 1 atom stereocenters. The number of rotatable bonds is 4. The molecule has 6 nitrogen and oxygen atoms in total. The summed E-state index contributed by atoms with van der Waals surface area (Å²) in [6, 6.07) is 13.6. The van der Waals surface area contributed by atoms with Crippen LogP contribution >= 0.6 is 11.6 Å². The highest BCUT2D eigenvalue weighted by Gasteiger charge is 2.50. The Bertz CT molecular complexity index is 1490. The van der Waals surface area contributed by atoms with Gasteiger partial charge in [-0.1, -0.05) is 23.7 Å². The van der Waals surface area contributed by atoms with E-state index >= 15 is 0 Å². The third-order valence-corrected chi connectivity index (χ3v) is 7.30. The molecule has 10 heteroatoms. The monoisotopic (exact) mass is 545 g/mol. The first-order valence-corrected chi connectivity index (χ1v) is 12.2. The Hall–Kier alpha value is -3.72. The van der Waals surface area contributed by atoms with Crippen LogP contribution in [0.25, 0.3) is 0 Å². The molecule has 0 aromatic heterocycles. The zero-order chi connectivity index (χ0) is 27.6. The van der Waals surface area contributed by atoms with Gasteiger partial charge in [0, 0.05) is 5.02 Å². The van der Waals surface area contributed by atoms with Gasteiger partial charge < -0.3 is 14.6 Å². The number of nitrogens with zero attached hydrogens (tertiary/aromatic N) is 1. The molecule has 0 bridgehead atoms. The SMILES string of the molecule is CC1(C)CCc2cc(C3(C)C(=O)N(c4ccc(OC(F)(F)F)c(C(=O)O)c4)c4ccc(Cl)cc43)ccc2O1. The fraction of sp³-hybridized carbons (Fsp3) is 0.286. The van der Waals surface area contributed by atoms with Gasteiger partial charge in [-0.2, -0.15) is 0 Å². The highest BCUT2D eigenvalue weighted by molar-refractivity contribution is 6.31. The number of hydrogen-bond donors (Lipinski definition) is 1. The Morgan fingerprint density at radius 3 is 2.50 bits per heavy atom. The lowest BCUT2D eigenvalue weighted by molar-refractivity contribution is -0.274. The van der Waals surface area contributed by atoms with E-state index in [0.29, 0.717) is 21.8 Å². The summed E-state index contributed by atoms with van der Waals surface area (Å²) in [4.78, 5) is 27.3. The predicted molar refractivity (Wildman–Crippen MR) is 135 cm³/mol. The second-order valence-electron chi connectivity index (χ2n) is 10.1. The zero-order valence-electron chi connectivity index (χ0n) is 20.6. The van der Waals surface area contributed by atoms with Crippen molar-refractivity contribution in [3.8, 4) is 11.5 Å². The predicted octanol–water partition coefficient (Wildman–Crippen LogP) is 7.02. The molecule has 0 spiro atoms. The third kappa shape index (κ3) is 4.34. The van der Waals surface area contributed by atoms with Gasteiger partial charge in [0.1, 0.15) is 22.7 Å². The van der Waals surface area contributed by atoms with Crippen molar-refractivity contribution in [3.05, 3.63) is 81.9 Å². The lowest BCUT2D eigenvalue weighted by Crippen LogP contribution is -2.37. The molecule has 3 aromatic rings. The standard InChI is InChI=1S/C28H23ClF3NO5/c1-26(2)11-10-15-12-16(4-8-22(15)37-26)27(3)20-13-17(29)5-7-21(20)33(25(27)36)18-6-9-23(38-28(30,31)32)19(14-18)24(34)35/h4-9,12-14H,10-11H2,1-3H3,(H,34,35). The van der Waals surface area contributed by atoms with E-state index in [1.807, 2.05) is 32.0 Å². The number of alkyl halides is 3. The van der Waals surface area contributed by atoms with Gasteiger partial charge in [0.25, 0.3) is 0 Å². The maximum absolute atomic E-state index is 14.2. The molecule has 0 fully saturated rings. The van der Waals surface area contributed by atoms with Crippen LogP contribution < -0.4 is 14.4 Å². The molecule has 3 aromatic carbocycles. The van der Waals surface area contributed by atoms with Crippen molar-refractivity contribution >= 4 is 34.9 Å². The number of halogens is 4. The number of aryl methyl sites for hydroxylation is 1. The van der Waals surface area contributed by atoms with E-state index in [1.165, 1.54) is 11.0 Å². The molecule has 2 aliphatic heterocycles. The van der Waals surface area contributed by atoms with Crippen molar-refractivity contribution in [2.75, 3.05) is 4.90 Å². The van der Waals surface area contributed by atoms with Crippen LogP contribution in [0.3, 0.4) is 0 Å². The largest absolute Gasteiger partial charge is 0.573 e. The van der Waals surface area contributed by atoms with Crippen molar-refractivity contribution in [3.63, 3.8) is 0 Å². The Morgan fingerprint density at radius 1 is 1.08 bits per heavy atom. The average molecular weight is 546 g/mol. The van der Waals surface area contributed by atoms with Gasteiger partial charge in [0.2, 0.25) is 5.91 Å². The minimum atomic E-state index is -5.08. The van der Waals surface area contributed by atoms with E-state index in [-0.39, 0.29) is 11.3 Å². The normalized spacial score (nSPS) is 20.0. The van der Waals surface area contributed by atoms with Crippen LogP contribution in [0.1, 0.15) is 54.2 Å². The van der Waals surface area contributed by atoms with Crippen LogP contribution in [0.5, 0.6) is 11.5 Å². The van der Waals surface area contributed by atoms with E-state index in [1.54, 1.807) is 25.1 Å².